The second-order valence-corrected chi connectivity index (χ2v) is 5.19. The van der Waals surface area contributed by atoms with Crippen molar-refractivity contribution < 1.29 is 14.3 Å². The van der Waals surface area contributed by atoms with Crippen molar-refractivity contribution in [3.8, 4) is 16.8 Å². The Morgan fingerprint density at radius 3 is 2.86 bits per heavy atom. The van der Waals surface area contributed by atoms with Crippen molar-refractivity contribution in [2.75, 3.05) is 0 Å². The molecule has 0 spiro atoms. The van der Waals surface area contributed by atoms with Crippen molar-refractivity contribution in [3.63, 3.8) is 0 Å². The summed E-state index contributed by atoms with van der Waals surface area (Å²) in [6.07, 6.45) is 1.19. The first-order chi connectivity index (χ1) is 10.2. The molecule has 0 saturated carbocycles. The molecule has 2 heterocycles. The van der Waals surface area contributed by atoms with Crippen molar-refractivity contribution in [1.82, 2.24) is 4.98 Å². The number of thiazole rings is 1. The highest BCUT2D eigenvalue weighted by Gasteiger charge is 2.11. The number of aliphatic carboxylic acids is 1. The van der Waals surface area contributed by atoms with E-state index >= 15 is 0 Å². The molecule has 0 saturated heterocycles. The Balaban J connectivity index is 1.98. The van der Waals surface area contributed by atoms with E-state index < -0.39 is 5.97 Å². The molecule has 21 heavy (non-hydrogen) atoms. The number of benzene rings is 1. The number of rotatable bonds is 3. The van der Waals surface area contributed by atoms with Gasteiger partial charge < -0.3 is 9.52 Å². The Bertz CT molecular complexity index is 866. The third-order valence-corrected chi connectivity index (χ3v) is 3.82. The largest absolute Gasteiger partial charge is 0.477 e. The third kappa shape index (κ3) is 2.55. The summed E-state index contributed by atoms with van der Waals surface area (Å²) in [5.41, 5.74) is 0.509. The second-order valence-electron chi connectivity index (χ2n) is 4.16. The molecule has 1 N–H and O–H groups in total. The summed E-state index contributed by atoms with van der Waals surface area (Å²) in [6, 6.07) is 12.7. The fourth-order valence-corrected chi connectivity index (χ4v) is 2.73. The number of carboxylic acid groups (broad SMARTS) is 1. The maximum atomic E-state index is 10.8. The third-order valence-electron chi connectivity index (χ3n) is 2.77. The smallest absolute Gasteiger partial charge is 0.346 e. The molecule has 0 aliphatic carbocycles. The highest BCUT2D eigenvalue weighted by molar-refractivity contribution is 7.21. The number of para-hydroxylation sites is 1. The number of carbonyl (C=O) groups is 1. The summed E-state index contributed by atoms with van der Waals surface area (Å²) in [6.45, 7) is 0. The quantitative estimate of drug-likeness (QED) is 0.590. The van der Waals surface area contributed by atoms with Gasteiger partial charge in [-0.2, -0.15) is 5.26 Å². The van der Waals surface area contributed by atoms with Gasteiger partial charge in [0.05, 0.1) is 10.2 Å². The minimum absolute atomic E-state index is 0.309. The first-order valence-electron chi connectivity index (χ1n) is 5.98. The predicted octanol–water partition coefficient (Wildman–Crippen LogP) is 3.55. The molecule has 1 aromatic carbocycles. The van der Waals surface area contributed by atoms with Gasteiger partial charge in [-0.15, -0.1) is 11.3 Å². The average Bonchev–Trinajstić information content (AvgIpc) is 3.10. The molecule has 0 unspecified atom stereocenters. The molecular weight excluding hydrogens is 288 g/mol. The molecule has 2 aromatic heterocycles. The number of nitriles is 1. The predicted molar refractivity (Wildman–Crippen MR) is 78.5 cm³/mol. The molecular formula is C15H8N2O3S. The molecule has 6 heteroatoms. The Hall–Kier alpha value is -2.91. The normalized spacial score (nSPS) is 11.5. The Labute approximate surface area is 123 Å². The van der Waals surface area contributed by atoms with Crippen LogP contribution in [0.3, 0.4) is 0 Å². The lowest BCUT2D eigenvalue weighted by atomic mass is 10.2. The van der Waals surface area contributed by atoms with Crippen molar-refractivity contribution in [3.05, 3.63) is 47.7 Å². The van der Waals surface area contributed by atoms with Gasteiger partial charge in [0.15, 0.2) is 10.8 Å². The van der Waals surface area contributed by atoms with Gasteiger partial charge in [-0.1, -0.05) is 12.1 Å². The second kappa shape index (κ2) is 5.23. The van der Waals surface area contributed by atoms with Crippen molar-refractivity contribution >= 4 is 33.6 Å². The Morgan fingerprint density at radius 1 is 1.33 bits per heavy atom. The lowest BCUT2D eigenvalue weighted by Gasteiger charge is -1.90. The lowest BCUT2D eigenvalue weighted by molar-refractivity contribution is -0.132. The highest BCUT2D eigenvalue weighted by Crippen LogP contribution is 2.31. The van der Waals surface area contributed by atoms with Gasteiger partial charge in [-0.05, 0) is 24.3 Å². The van der Waals surface area contributed by atoms with Crippen LogP contribution in [-0.4, -0.2) is 16.1 Å². The van der Waals surface area contributed by atoms with Gasteiger partial charge in [-0.25, -0.2) is 9.78 Å². The fraction of sp³-hybridized carbons (Fsp3) is 0. The number of furan rings is 1. The first kappa shape index (κ1) is 13.1. The van der Waals surface area contributed by atoms with Crippen molar-refractivity contribution in [2.24, 2.45) is 0 Å². The van der Waals surface area contributed by atoms with E-state index in [1.165, 1.54) is 17.4 Å². The van der Waals surface area contributed by atoms with Gasteiger partial charge in [-0.3, -0.25) is 0 Å². The average molecular weight is 296 g/mol. The van der Waals surface area contributed by atoms with Crippen LogP contribution in [0.2, 0.25) is 0 Å². The highest BCUT2D eigenvalue weighted by atomic mass is 32.1. The molecule has 0 radical (unpaired) electrons. The van der Waals surface area contributed by atoms with Gasteiger partial charge >= 0.3 is 5.97 Å². The summed E-state index contributed by atoms with van der Waals surface area (Å²) >= 11 is 1.49. The number of hydrogen-bond acceptors (Lipinski definition) is 5. The van der Waals surface area contributed by atoms with Crippen LogP contribution in [-0.2, 0) is 4.79 Å². The van der Waals surface area contributed by atoms with E-state index in [0.717, 1.165) is 10.2 Å². The minimum atomic E-state index is -1.28. The topological polar surface area (TPSA) is 87.1 Å². The van der Waals surface area contributed by atoms with Gasteiger partial charge in [0.25, 0.3) is 0 Å². The van der Waals surface area contributed by atoms with Crippen LogP contribution in [0.5, 0.6) is 0 Å². The van der Waals surface area contributed by atoms with Crippen LogP contribution in [0.1, 0.15) is 5.76 Å². The molecule has 0 amide bonds. The number of nitrogens with zero attached hydrogens (tertiary/aromatic N) is 2. The Kier molecular flexibility index (Phi) is 3.26. The van der Waals surface area contributed by atoms with Crippen LogP contribution in [0.4, 0.5) is 0 Å². The summed E-state index contributed by atoms with van der Waals surface area (Å²) in [5, 5.41) is 18.2. The monoisotopic (exact) mass is 296 g/mol. The van der Waals surface area contributed by atoms with E-state index in [1.54, 1.807) is 18.2 Å². The van der Waals surface area contributed by atoms with Crippen LogP contribution in [0, 0.1) is 11.3 Å². The summed E-state index contributed by atoms with van der Waals surface area (Å²) in [5.74, 6) is -0.427. The number of aromatic nitrogens is 1. The number of hydrogen-bond donors (Lipinski definition) is 1. The molecule has 0 aliphatic rings. The van der Waals surface area contributed by atoms with Gasteiger partial charge in [0.1, 0.15) is 17.4 Å². The zero-order valence-electron chi connectivity index (χ0n) is 10.6. The van der Waals surface area contributed by atoms with Gasteiger partial charge in [0, 0.05) is 6.08 Å². The standard InChI is InChI=1S/C15H8N2O3S/c16-8-9(15(18)19)7-10-5-6-12(20-10)14-17-11-3-1-2-4-13(11)21-14/h1-7H,(H,18,19)/b9-7+. The molecule has 5 nitrogen and oxygen atoms in total. The SMILES string of the molecule is N#C/C(=C\c1ccc(-c2nc3ccccc3s2)o1)C(=O)O. The van der Waals surface area contributed by atoms with E-state index in [4.69, 9.17) is 14.8 Å². The maximum absolute atomic E-state index is 10.8. The van der Waals surface area contributed by atoms with E-state index in [0.29, 0.717) is 16.5 Å². The number of fused-ring (bicyclic) bond motifs is 1. The molecule has 3 aromatic rings. The molecule has 102 valence electrons. The summed E-state index contributed by atoms with van der Waals surface area (Å²) < 4.78 is 6.58. The van der Waals surface area contributed by atoms with Crippen molar-refractivity contribution in [2.45, 2.75) is 0 Å². The minimum Gasteiger partial charge on any atom is -0.477 e. The lowest BCUT2D eigenvalue weighted by Crippen LogP contribution is -1.96. The molecule has 0 fully saturated rings. The summed E-state index contributed by atoms with van der Waals surface area (Å²) in [4.78, 5) is 15.2. The van der Waals surface area contributed by atoms with Crippen LogP contribution in [0.15, 0.2) is 46.4 Å². The van der Waals surface area contributed by atoms with E-state index in [1.807, 2.05) is 24.3 Å². The van der Waals surface area contributed by atoms with Gasteiger partial charge in [0.2, 0.25) is 0 Å². The molecule has 3 rings (SSSR count). The van der Waals surface area contributed by atoms with Crippen LogP contribution < -0.4 is 0 Å². The zero-order chi connectivity index (χ0) is 14.8. The van der Waals surface area contributed by atoms with E-state index in [9.17, 15) is 4.79 Å². The van der Waals surface area contributed by atoms with Crippen molar-refractivity contribution in [1.29, 1.82) is 5.26 Å². The zero-order valence-corrected chi connectivity index (χ0v) is 11.4. The molecule has 0 atom stereocenters. The molecule has 0 bridgehead atoms. The van der Waals surface area contributed by atoms with Crippen LogP contribution in [0.25, 0.3) is 27.1 Å². The fourth-order valence-electron chi connectivity index (χ4n) is 1.81. The summed E-state index contributed by atoms with van der Waals surface area (Å²) in [7, 11) is 0. The molecule has 0 aliphatic heterocycles. The van der Waals surface area contributed by atoms with E-state index in [-0.39, 0.29) is 5.57 Å². The number of carboxylic acids is 1. The maximum Gasteiger partial charge on any atom is 0.346 e. The Morgan fingerprint density at radius 2 is 2.14 bits per heavy atom. The van der Waals surface area contributed by atoms with E-state index in [2.05, 4.69) is 4.98 Å². The first-order valence-corrected chi connectivity index (χ1v) is 6.80. The van der Waals surface area contributed by atoms with Crippen LogP contribution >= 0.6 is 11.3 Å².